The topological polar surface area (TPSA) is 118 Å². The molecule has 2 amide bonds. The van der Waals surface area contributed by atoms with Crippen molar-refractivity contribution in [1.29, 1.82) is 5.26 Å². The van der Waals surface area contributed by atoms with Gasteiger partial charge in [-0.1, -0.05) is 17.7 Å². The van der Waals surface area contributed by atoms with E-state index in [1.165, 1.54) is 6.21 Å². The molecule has 2 aliphatic rings. The lowest BCUT2D eigenvalue weighted by atomic mass is 9.99. The molecule has 3 atom stereocenters. The van der Waals surface area contributed by atoms with Crippen molar-refractivity contribution in [3.8, 4) is 6.07 Å². The van der Waals surface area contributed by atoms with E-state index in [0.717, 1.165) is 18.7 Å². The van der Waals surface area contributed by atoms with E-state index in [1.807, 2.05) is 13.0 Å². The molecule has 170 valence electrons. The van der Waals surface area contributed by atoms with E-state index in [-0.39, 0.29) is 30.5 Å². The van der Waals surface area contributed by atoms with Crippen LogP contribution in [0.3, 0.4) is 0 Å². The number of aliphatic imine (C=N–C) groups is 1. The van der Waals surface area contributed by atoms with Crippen LogP contribution in [-0.4, -0.2) is 53.9 Å². The maximum atomic E-state index is 12.7. The lowest BCUT2D eigenvalue weighted by molar-refractivity contribution is -0.125. The van der Waals surface area contributed by atoms with Gasteiger partial charge >= 0.3 is 0 Å². The molecule has 3 rings (SSSR count). The summed E-state index contributed by atoms with van der Waals surface area (Å²) in [5.74, 6) is -0.976. The molecular formula is C23H28ClN5O3. The highest BCUT2D eigenvalue weighted by atomic mass is 35.5. The summed E-state index contributed by atoms with van der Waals surface area (Å²) in [5, 5.41) is 24.6. The fourth-order valence-corrected chi connectivity index (χ4v) is 4.04. The second kappa shape index (κ2) is 9.72. The first-order chi connectivity index (χ1) is 15.1. The first-order valence-electron chi connectivity index (χ1n) is 10.6. The molecule has 1 aromatic carbocycles. The van der Waals surface area contributed by atoms with Crippen molar-refractivity contribution in [3.63, 3.8) is 0 Å². The number of carbonyl (C=O) groups is 2. The van der Waals surface area contributed by atoms with Gasteiger partial charge in [-0.15, -0.1) is 0 Å². The predicted molar refractivity (Wildman–Crippen MR) is 124 cm³/mol. The van der Waals surface area contributed by atoms with Gasteiger partial charge in [0.1, 0.15) is 11.8 Å². The molecule has 1 saturated heterocycles. The molecule has 2 aliphatic heterocycles. The van der Waals surface area contributed by atoms with Crippen molar-refractivity contribution >= 4 is 35.3 Å². The Hall–Kier alpha value is -2.89. The Morgan fingerprint density at radius 1 is 1.41 bits per heavy atom. The van der Waals surface area contributed by atoms with E-state index < -0.39 is 11.5 Å². The van der Waals surface area contributed by atoms with Gasteiger partial charge in [0.15, 0.2) is 0 Å². The molecule has 9 heteroatoms. The zero-order valence-corrected chi connectivity index (χ0v) is 19.2. The van der Waals surface area contributed by atoms with Crippen LogP contribution in [0, 0.1) is 17.2 Å². The first kappa shape index (κ1) is 23.8. The highest BCUT2D eigenvalue weighted by Crippen LogP contribution is 2.29. The van der Waals surface area contributed by atoms with E-state index in [9.17, 15) is 14.7 Å². The second-order valence-electron chi connectivity index (χ2n) is 8.82. The van der Waals surface area contributed by atoms with Crippen molar-refractivity contribution in [1.82, 2.24) is 10.6 Å². The molecule has 0 saturated carbocycles. The number of hydrogen-bond donors (Lipinski definition) is 3. The van der Waals surface area contributed by atoms with Gasteiger partial charge in [0.2, 0.25) is 5.91 Å². The first-order valence-corrected chi connectivity index (χ1v) is 11.0. The maximum Gasteiger partial charge on any atom is 0.269 e. The summed E-state index contributed by atoms with van der Waals surface area (Å²) in [4.78, 5) is 31.4. The Balaban J connectivity index is 1.57. The third-order valence-electron chi connectivity index (χ3n) is 5.86. The number of carbonyl (C=O) groups excluding carboxylic acids is 2. The van der Waals surface area contributed by atoms with Crippen LogP contribution in [0.2, 0.25) is 5.02 Å². The van der Waals surface area contributed by atoms with E-state index in [2.05, 4.69) is 26.6 Å². The van der Waals surface area contributed by atoms with Gasteiger partial charge in [-0.05, 0) is 51.8 Å². The van der Waals surface area contributed by atoms with E-state index >= 15 is 0 Å². The summed E-state index contributed by atoms with van der Waals surface area (Å²) in [6.45, 7) is 6.08. The Labute approximate surface area is 193 Å². The number of allylic oxidation sites excluding steroid dienone is 1. The monoisotopic (exact) mass is 457 g/mol. The number of aliphatic hydroxyl groups excluding tert-OH is 1. The average Bonchev–Trinajstić information content (AvgIpc) is 3.13. The van der Waals surface area contributed by atoms with Crippen molar-refractivity contribution in [2.45, 2.75) is 51.2 Å². The summed E-state index contributed by atoms with van der Waals surface area (Å²) in [7, 11) is 0. The molecule has 8 nitrogen and oxygen atoms in total. The minimum absolute atomic E-state index is 0.0374. The number of rotatable bonds is 6. The molecule has 1 aromatic rings. The van der Waals surface area contributed by atoms with Crippen LogP contribution in [0.4, 0.5) is 5.69 Å². The van der Waals surface area contributed by atoms with Crippen LogP contribution in [0.25, 0.3) is 0 Å². The Morgan fingerprint density at radius 3 is 2.75 bits per heavy atom. The highest BCUT2D eigenvalue weighted by molar-refractivity contribution is 6.32. The largest absolute Gasteiger partial charge is 0.394 e. The van der Waals surface area contributed by atoms with Gasteiger partial charge in [0.05, 0.1) is 34.7 Å². The van der Waals surface area contributed by atoms with Crippen molar-refractivity contribution in [2.75, 3.05) is 18.1 Å². The van der Waals surface area contributed by atoms with Gasteiger partial charge in [-0.3, -0.25) is 14.6 Å². The van der Waals surface area contributed by atoms with Crippen LogP contribution in [0.15, 0.2) is 35.0 Å². The Bertz CT molecular complexity index is 998. The molecule has 0 spiro atoms. The van der Waals surface area contributed by atoms with Crippen LogP contribution in [-0.2, 0) is 9.59 Å². The molecular weight excluding hydrogens is 430 g/mol. The number of nitrogens with zero attached hydrogens (tertiary/aromatic N) is 3. The number of anilines is 1. The number of hydrogen-bond acceptors (Lipinski definition) is 6. The normalized spacial score (nSPS) is 22.8. The van der Waals surface area contributed by atoms with Crippen molar-refractivity contribution in [3.05, 3.63) is 40.6 Å². The smallest absolute Gasteiger partial charge is 0.269 e. The lowest BCUT2D eigenvalue weighted by Crippen LogP contribution is -2.49. The third kappa shape index (κ3) is 5.29. The SMILES string of the molecule is C[C@H]1[C@@H](NC(=O)C2=CCC(C(=O)NC(C)(C)CO)C=N2)CCN1c1ccc(C#N)c(Cl)c1. The van der Waals surface area contributed by atoms with E-state index in [1.54, 1.807) is 32.1 Å². The summed E-state index contributed by atoms with van der Waals surface area (Å²) in [5.41, 5.74) is 0.923. The average molecular weight is 458 g/mol. The minimum Gasteiger partial charge on any atom is -0.394 e. The predicted octanol–water partition coefficient (Wildman–Crippen LogP) is 2.16. The van der Waals surface area contributed by atoms with E-state index in [4.69, 9.17) is 16.9 Å². The number of aliphatic hydroxyl groups is 1. The third-order valence-corrected chi connectivity index (χ3v) is 6.17. The number of amides is 2. The summed E-state index contributed by atoms with van der Waals surface area (Å²) >= 11 is 6.17. The molecule has 32 heavy (non-hydrogen) atoms. The molecule has 3 N–H and O–H groups in total. The molecule has 1 fully saturated rings. The van der Waals surface area contributed by atoms with Crippen LogP contribution in [0.1, 0.15) is 39.2 Å². The fraction of sp³-hybridized carbons (Fsp3) is 0.478. The highest BCUT2D eigenvalue weighted by Gasteiger charge is 2.33. The van der Waals surface area contributed by atoms with Gasteiger partial charge in [0, 0.05) is 24.5 Å². The van der Waals surface area contributed by atoms with Crippen molar-refractivity contribution in [2.24, 2.45) is 10.9 Å². The van der Waals surface area contributed by atoms with Gasteiger partial charge in [0.25, 0.3) is 5.91 Å². The van der Waals surface area contributed by atoms with Gasteiger partial charge in [-0.2, -0.15) is 5.26 Å². The summed E-state index contributed by atoms with van der Waals surface area (Å²) in [6.07, 6.45) is 4.29. The fourth-order valence-electron chi connectivity index (χ4n) is 3.83. The van der Waals surface area contributed by atoms with Gasteiger partial charge < -0.3 is 20.6 Å². The zero-order valence-electron chi connectivity index (χ0n) is 18.4. The number of nitriles is 1. The number of halogens is 1. The molecule has 0 bridgehead atoms. The molecule has 2 heterocycles. The second-order valence-corrected chi connectivity index (χ2v) is 9.23. The summed E-state index contributed by atoms with van der Waals surface area (Å²) < 4.78 is 0. The lowest BCUT2D eigenvalue weighted by Gasteiger charge is -2.28. The van der Waals surface area contributed by atoms with Crippen LogP contribution < -0.4 is 15.5 Å². The Kier molecular flexibility index (Phi) is 7.22. The van der Waals surface area contributed by atoms with E-state index in [0.29, 0.717) is 22.7 Å². The van der Waals surface area contributed by atoms with Crippen LogP contribution in [0.5, 0.6) is 0 Å². The van der Waals surface area contributed by atoms with Crippen molar-refractivity contribution < 1.29 is 14.7 Å². The number of nitrogens with one attached hydrogen (secondary N) is 2. The van der Waals surface area contributed by atoms with Gasteiger partial charge in [-0.25, -0.2) is 0 Å². The standard InChI is InChI=1S/C23H28ClN5O3/c1-14-19(8-9-29(14)17-6-4-15(11-25)18(24)10-17)27-22(32)20-7-5-16(12-26-20)21(31)28-23(2,3)13-30/h4,6-7,10,12,14,16,19,30H,5,8-9,13H2,1-3H3,(H,27,32)(H,28,31)/t14-,16?,19-/m0/s1. The number of benzene rings is 1. The summed E-state index contributed by atoms with van der Waals surface area (Å²) in [6, 6.07) is 7.36. The zero-order chi connectivity index (χ0) is 23.5. The maximum absolute atomic E-state index is 12.7. The molecule has 0 radical (unpaired) electrons. The minimum atomic E-state index is -0.712. The molecule has 0 aliphatic carbocycles. The Morgan fingerprint density at radius 2 is 2.16 bits per heavy atom. The van der Waals surface area contributed by atoms with Crippen LogP contribution >= 0.6 is 11.6 Å². The quantitative estimate of drug-likeness (QED) is 0.605. The molecule has 1 unspecified atom stereocenters. The molecule has 0 aromatic heterocycles.